The second kappa shape index (κ2) is 4.44. The molecular weight excluding hydrogens is 281 g/mol. The first kappa shape index (κ1) is 12.3. The fourth-order valence-electron chi connectivity index (χ4n) is 2.19. The van der Waals surface area contributed by atoms with Crippen LogP contribution in [0.15, 0.2) is 36.4 Å². The first-order valence-electron chi connectivity index (χ1n) is 5.77. The number of nitrogens with zero attached hydrogens (tertiary/aromatic N) is 2. The lowest BCUT2D eigenvalue weighted by Crippen LogP contribution is -2.02. The molecule has 2 N–H and O–H groups in total. The van der Waals surface area contributed by atoms with E-state index in [4.69, 9.17) is 28.9 Å². The van der Waals surface area contributed by atoms with Crippen LogP contribution in [0.5, 0.6) is 0 Å². The van der Waals surface area contributed by atoms with E-state index in [1.54, 1.807) is 22.8 Å². The molecule has 96 valence electrons. The summed E-state index contributed by atoms with van der Waals surface area (Å²) >= 11 is 12.5. The van der Waals surface area contributed by atoms with Crippen LogP contribution in [0.4, 0.5) is 5.95 Å². The molecule has 0 aliphatic rings. The van der Waals surface area contributed by atoms with E-state index in [0.29, 0.717) is 21.7 Å². The van der Waals surface area contributed by atoms with E-state index < -0.39 is 0 Å². The SMILES string of the molecule is Cc1cccc2c1nc(N)n2-c1c(Cl)cccc1Cl. The fraction of sp³-hybridized carbons (Fsp3) is 0.0714. The summed E-state index contributed by atoms with van der Waals surface area (Å²) in [7, 11) is 0. The number of anilines is 1. The second-order valence-electron chi connectivity index (χ2n) is 4.32. The number of benzene rings is 2. The van der Waals surface area contributed by atoms with Gasteiger partial charge in [0.2, 0.25) is 5.95 Å². The average molecular weight is 292 g/mol. The summed E-state index contributed by atoms with van der Waals surface area (Å²) in [4.78, 5) is 4.39. The minimum atomic E-state index is 0.374. The Morgan fingerprint density at radius 2 is 1.68 bits per heavy atom. The molecule has 2 aromatic carbocycles. The van der Waals surface area contributed by atoms with Crippen LogP contribution in [0.2, 0.25) is 10.0 Å². The van der Waals surface area contributed by atoms with Crippen molar-refractivity contribution < 1.29 is 0 Å². The summed E-state index contributed by atoms with van der Waals surface area (Å²) in [6.45, 7) is 1.99. The van der Waals surface area contributed by atoms with E-state index in [0.717, 1.165) is 16.6 Å². The van der Waals surface area contributed by atoms with E-state index in [-0.39, 0.29) is 0 Å². The highest BCUT2D eigenvalue weighted by Gasteiger charge is 2.16. The summed E-state index contributed by atoms with van der Waals surface area (Å²) in [5.74, 6) is 0.374. The van der Waals surface area contributed by atoms with Crippen LogP contribution in [-0.2, 0) is 0 Å². The second-order valence-corrected chi connectivity index (χ2v) is 5.13. The molecule has 1 aromatic heterocycles. The molecule has 0 aliphatic carbocycles. The maximum Gasteiger partial charge on any atom is 0.206 e. The topological polar surface area (TPSA) is 43.8 Å². The van der Waals surface area contributed by atoms with Crippen LogP contribution in [-0.4, -0.2) is 9.55 Å². The molecule has 0 radical (unpaired) electrons. The molecule has 1 heterocycles. The van der Waals surface area contributed by atoms with Crippen molar-refractivity contribution in [3.63, 3.8) is 0 Å². The smallest absolute Gasteiger partial charge is 0.206 e. The number of rotatable bonds is 1. The summed E-state index contributed by atoms with van der Waals surface area (Å²) in [5.41, 5.74) is 9.50. The first-order valence-corrected chi connectivity index (χ1v) is 6.53. The maximum atomic E-state index is 6.24. The van der Waals surface area contributed by atoms with Crippen LogP contribution >= 0.6 is 23.2 Å². The summed E-state index contributed by atoms with van der Waals surface area (Å²) in [6, 6.07) is 11.3. The highest BCUT2D eigenvalue weighted by atomic mass is 35.5. The maximum absolute atomic E-state index is 6.24. The summed E-state index contributed by atoms with van der Waals surface area (Å²) < 4.78 is 1.78. The lowest BCUT2D eigenvalue weighted by molar-refractivity contribution is 1.11. The third-order valence-electron chi connectivity index (χ3n) is 3.07. The van der Waals surface area contributed by atoms with Crippen molar-refractivity contribution in [3.05, 3.63) is 52.0 Å². The molecule has 3 nitrogen and oxygen atoms in total. The van der Waals surface area contributed by atoms with Gasteiger partial charge < -0.3 is 5.73 Å². The standard InChI is InChI=1S/C14H11Cl2N3/c1-8-4-2-7-11-12(8)18-14(17)19(11)13-9(15)5-3-6-10(13)16/h2-7H,1H3,(H2,17,18). The van der Waals surface area contributed by atoms with Crippen molar-refractivity contribution >= 4 is 40.2 Å². The van der Waals surface area contributed by atoms with Gasteiger partial charge in [0.1, 0.15) is 0 Å². The van der Waals surface area contributed by atoms with Crippen LogP contribution < -0.4 is 5.73 Å². The van der Waals surface area contributed by atoms with Crippen molar-refractivity contribution in [3.8, 4) is 5.69 Å². The molecule has 0 fully saturated rings. The zero-order valence-corrected chi connectivity index (χ0v) is 11.7. The largest absolute Gasteiger partial charge is 0.369 e. The van der Waals surface area contributed by atoms with Crippen molar-refractivity contribution in [2.75, 3.05) is 5.73 Å². The van der Waals surface area contributed by atoms with Gasteiger partial charge in [-0.3, -0.25) is 4.57 Å². The van der Waals surface area contributed by atoms with Crippen molar-refractivity contribution in [1.29, 1.82) is 0 Å². The monoisotopic (exact) mass is 291 g/mol. The van der Waals surface area contributed by atoms with Crippen LogP contribution in [0, 0.1) is 6.92 Å². The third kappa shape index (κ3) is 1.86. The highest BCUT2D eigenvalue weighted by Crippen LogP contribution is 2.33. The number of hydrogen-bond donors (Lipinski definition) is 1. The van der Waals surface area contributed by atoms with Crippen molar-refractivity contribution in [1.82, 2.24) is 9.55 Å². The first-order chi connectivity index (χ1) is 9.09. The minimum absolute atomic E-state index is 0.374. The average Bonchev–Trinajstić information content (AvgIpc) is 2.68. The van der Waals surface area contributed by atoms with Gasteiger partial charge in [0.25, 0.3) is 0 Å². The number of imidazole rings is 1. The minimum Gasteiger partial charge on any atom is -0.369 e. The number of hydrogen-bond acceptors (Lipinski definition) is 2. The normalized spacial score (nSPS) is 11.1. The Morgan fingerprint density at radius 3 is 2.37 bits per heavy atom. The number of nitrogens with two attached hydrogens (primary N) is 1. The van der Waals surface area contributed by atoms with Gasteiger partial charge in [0, 0.05) is 0 Å². The molecule has 19 heavy (non-hydrogen) atoms. The van der Waals surface area contributed by atoms with Gasteiger partial charge in [-0.05, 0) is 30.7 Å². The number of fused-ring (bicyclic) bond motifs is 1. The quantitative estimate of drug-likeness (QED) is 0.729. The van der Waals surface area contributed by atoms with Gasteiger partial charge in [0.15, 0.2) is 0 Å². The lowest BCUT2D eigenvalue weighted by Gasteiger charge is -2.10. The predicted molar refractivity (Wildman–Crippen MR) is 80.2 cm³/mol. The van der Waals surface area contributed by atoms with Crippen LogP contribution in [0.1, 0.15) is 5.56 Å². The molecule has 3 rings (SSSR count). The molecule has 0 atom stereocenters. The van der Waals surface area contributed by atoms with Gasteiger partial charge in [-0.15, -0.1) is 0 Å². The number of nitrogen functional groups attached to an aromatic ring is 1. The van der Waals surface area contributed by atoms with E-state index in [9.17, 15) is 0 Å². The van der Waals surface area contributed by atoms with Crippen LogP contribution in [0.3, 0.4) is 0 Å². The number of halogens is 2. The highest BCUT2D eigenvalue weighted by molar-refractivity contribution is 6.38. The molecule has 0 bridgehead atoms. The summed E-state index contributed by atoms with van der Waals surface area (Å²) in [5, 5.41) is 1.08. The molecule has 0 unspecified atom stereocenters. The van der Waals surface area contributed by atoms with Gasteiger partial charge in [-0.1, -0.05) is 41.4 Å². The molecule has 0 aliphatic heterocycles. The van der Waals surface area contributed by atoms with E-state index in [1.165, 1.54) is 0 Å². The fourth-order valence-corrected chi connectivity index (χ4v) is 2.76. The van der Waals surface area contributed by atoms with Crippen LogP contribution in [0.25, 0.3) is 16.7 Å². The Bertz CT molecular complexity index is 757. The van der Waals surface area contributed by atoms with Gasteiger partial charge in [0.05, 0.1) is 26.8 Å². The van der Waals surface area contributed by atoms with Gasteiger partial charge in [-0.25, -0.2) is 4.98 Å². The Hall–Kier alpha value is -1.71. The zero-order chi connectivity index (χ0) is 13.6. The van der Waals surface area contributed by atoms with Gasteiger partial charge in [-0.2, -0.15) is 0 Å². The Balaban J connectivity index is 2.44. The molecule has 0 saturated carbocycles. The van der Waals surface area contributed by atoms with Crippen molar-refractivity contribution in [2.24, 2.45) is 0 Å². The molecular formula is C14H11Cl2N3. The Kier molecular flexibility index (Phi) is 2.88. The molecule has 3 aromatic rings. The van der Waals surface area contributed by atoms with E-state index in [1.807, 2.05) is 25.1 Å². The number of aryl methyl sites for hydroxylation is 1. The number of aromatic nitrogens is 2. The molecule has 0 spiro atoms. The molecule has 5 heteroatoms. The summed E-state index contributed by atoms with van der Waals surface area (Å²) in [6.07, 6.45) is 0. The van der Waals surface area contributed by atoms with E-state index in [2.05, 4.69) is 4.98 Å². The molecule has 0 saturated heterocycles. The van der Waals surface area contributed by atoms with Crippen molar-refractivity contribution in [2.45, 2.75) is 6.92 Å². The third-order valence-corrected chi connectivity index (χ3v) is 3.68. The molecule has 0 amide bonds. The Labute approximate surface area is 120 Å². The number of para-hydroxylation sites is 2. The zero-order valence-electron chi connectivity index (χ0n) is 10.2. The van der Waals surface area contributed by atoms with Gasteiger partial charge >= 0.3 is 0 Å². The Morgan fingerprint density at radius 1 is 1.05 bits per heavy atom. The predicted octanol–water partition coefficient (Wildman–Crippen LogP) is 4.22. The lowest BCUT2D eigenvalue weighted by atomic mass is 10.2. The van der Waals surface area contributed by atoms with E-state index >= 15 is 0 Å².